The molecule has 3 amide bonds. The van der Waals surface area contributed by atoms with Crippen LogP contribution >= 0.6 is 0 Å². The maximum Gasteiger partial charge on any atom is 0.326 e. The summed E-state index contributed by atoms with van der Waals surface area (Å²) in [6, 6.07) is -3.54. The monoisotopic (exact) mass is 445 g/mol. The number of guanidine groups is 1. The number of nitrogens with two attached hydrogens (primary N) is 3. The fourth-order valence-electron chi connectivity index (χ4n) is 2.34. The Kier molecular flexibility index (Phi) is 12.2. The smallest absolute Gasteiger partial charge is 0.326 e. The molecule has 0 saturated heterocycles. The predicted molar refractivity (Wildman–Crippen MR) is 109 cm³/mol. The lowest BCUT2D eigenvalue weighted by atomic mass is 10.0. The fourth-order valence-corrected chi connectivity index (χ4v) is 2.34. The lowest BCUT2D eigenvalue weighted by Crippen LogP contribution is -2.55. The van der Waals surface area contributed by atoms with Gasteiger partial charge in [-0.1, -0.05) is 13.8 Å². The lowest BCUT2D eigenvalue weighted by Gasteiger charge is -2.23. The molecular weight excluding hydrogens is 414 g/mol. The van der Waals surface area contributed by atoms with Crippen molar-refractivity contribution in [3.63, 3.8) is 0 Å². The standard InChI is InChI=1S/C17H31N7O7/c1-8(2)13(24-14(28)9(18)4-3-5-21-17(19)20)15(29)22-7-11(25)23-10(16(30)31)6-12(26)27/h8-10,13H,3-7,18H2,1-2H3,(H,22,29)(H,23,25)(H,24,28)(H,26,27)(H,30,31)(H4,19,20,21). The quantitative estimate of drug-likeness (QED) is 0.0749. The number of carboxylic acids is 2. The maximum atomic E-state index is 12.4. The minimum Gasteiger partial charge on any atom is -0.481 e. The number of amides is 3. The molecule has 14 heteroatoms. The first-order valence-corrected chi connectivity index (χ1v) is 9.48. The number of carbonyl (C=O) groups excluding carboxylic acids is 3. The Hall–Kier alpha value is -3.42. The molecule has 0 fully saturated rings. The van der Waals surface area contributed by atoms with Gasteiger partial charge in [0.1, 0.15) is 12.1 Å². The zero-order chi connectivity index (χ0) is 24.1. The van der Waals surface area contributed by atoms with Crippen LogP contribution in [-0.4, -0.2) is 77.0 Å². The molecule has 3 atom stereocenters. The highest BCUT2D eigenvalue weighted by Gasteiger charge is 2.27. The van der Waals surface area contributed by atoms with Crippen LogP contribution in [0, 0.1) is 5.92 Å². The van der Waals surface area contributed by atoms with Gasteiger partial charge in [0, 0.05) is 6.54 Å². The Labute approximate surface area is 179 Å². The van der Waals surface area contributed by atoms with Crippen molar-refractivity contribution >= 4 is 35.6 Å². The van der Waals surface area contributed by atoms with E-state index in [1.54, 1.807) is 13.8 Å². The molecule has 0 aliphatic heterocycles. The van der Waals surface area contributed by atoms with E-state index in [0.29, 0.717) is 13.0 Å². The van der Waals surface area contributed by atoms with E-state index in [9.17, 15) is 24.0 Å². The summed E-state index contributed by atoms with van der Waals surface area (Å²) in [6.07, 6.45) is -0.0926. The number of rotatable bonds is 14. The SMILES string of the molecule is CC(C)C(NC(=O)C(N)CCCN=C(N)N)C(=O)NCC(=O)NC(CC(=O)O)C(=O)O. The topological polar surface area (TPSA) is 252 Å². The predicted octanol–water partition coefficient (Wildman–Crippen LogP) is -3.33. The van der Waals surface area contributed by atoms with Crippen LogP contribution < -0.4 is 33.2 Å². The molecular formula is C17H31N7O7. The van der Waals surface area contributed by atoms with E-state index in [-0.39, 0.29) is 18.3 Å². The van der Waals surface area contributed by atoms with Gasteiger partial charge in [0.15, 0.2) is 5.96 Å². The maximum absolute atomic E-state index is 12.4. The molecule has 14 nitrogen and oxygen atoms in total. The number of carboxylic acid groups (broad SMARTS) is 2. The molecule has 0 rings (SSSR count). The summed E-state index contributed by atoms with van der Waals surface area (Å²) in [4.78, 5) is 61.9. The number of nitrogens with one attached hydrogen (secondary N) is 3. The Morgan fingerprint density at radius 2 is 1.61 bits per heavy atom. The van der Waals surface area contributed by atoms with Crippen molar-refractivity contribution in [3.8, 4) is 0 Å². The van der Waals surface area contributed by atoms with Crippen LogP contribution in [0.4, 0.5) is 0 Å². The van der Waals surface area contributed by atoms with Gasteiger partial charge in [-0.15, -0.1) is 0 Å². The summed E-state index contributed by atoms with van der Waals surface area (Å²) >= 11 is 0. The molecule has 0 spiro atoms. The number of nitrogens with zero attached hydrogens (tertiary/aromatic N) is 1. The highest BCUT2D eigenvalue weighted by Crippen LogP contribution is 2.04. The van der Waals surface area contributed by atoms with Gasteiger partial charge in [-0.05, 0) is 18.8 Å². The van der Waals surface area contributed by atoms with E-state index in [1.807, 2.05) is 5.32 Å². The van der Waals surface area contributed by atoms with Crippen LogP contribution in [0.1, 0.15) is 33.1 Å². The molecule has 0 aliphatic carbocycles. The van der Waals surface area contributed by atoms with Crippen molar-refractivity contribution in [2.45, 2.75) is 51.2 Å². The number of aliphatic imine (C=N–C) groups is 1. The summed E-state index contributed by atoms with van der Waals surface area (Å²) in [6.45, 7) is 3.03. The second-order valence-electron chi connectivity index (χ2n) is 7.06. The Morgan fingerprint density at radius 3 is 2.10 bits per heavy atom. The Balaban J connectivity index is 4.71. The third-order valence-electron chi connectivity index (χ3n) is 3.99. The Morgan fingerprint density at radius 1 is 1.00 bits per heavy atom. The number of aliphatic carboxylic acids is 2. The summed E-state index contributed by atoms with van der Waals surface area (Å²) in [7, 11) is 0. The summed E-state index contributed by atoms with van der Waals surface area (Å²) < 4.78 is 0. The van der Waals surface area contributed by atoms with Crippen LogP contribution in [0.15, 0.2) is 4.99 Å². The van der Waals surface area contributed by atoms with Crippen molar-refractivity contribution in [2.75, 3.05) is 13.1 Å². The number of hydrogen-bond donors (Lipinski definition) is 8. The third-order valence-corrected chi connectivity index (χ3v) is 3.99. The van der Waals surface area contributed by atoms with Crippen LogP contribution in [0.25, 0.3) is 0 Å². The number of hydrogen-bond acceptors (Lipinski definition) is 7. The van der Waals surface area contributed by atoms with E-state index < -0.39 is 60.8 Å². The zero-order valence-electron chi connectivity index (χ0n) is 17.5. The van der Waals surface area contributed by atoms with Gasteiger partial charge in [-0.25, -0.2) is 4.79 Å². The molecule has 0 radical (unpaired) electrons. The van der Waals surface area contributed by atoms with Crippen molar-refractivity contribution < 1.29 is 34.2 Å². The van der Waals surface area contributed by atoms with E-state index in [0.717, 1.165) is 0 Å². The third kappa shape index (κ3) is 12.0. The molecule has 0 aliphatic rings. The molecule has 0 aromatic carbocycles. The zero-order valence-corrected chi connectivity index (χ0v) is 17.5. The second kappa shape index (κ2) is 13.7. The largest absolute Gasteiger partial charge is 0.481 e. The molecule has 0 bridgehead atoms. The van der Waals surface area contributed by atoms with Crippen LogP contribution in [-0.2, 0) is 24.0 Å². The van der Waals surface area contributed by atoms with Gasteiger partial charge in [0.25, 0.3) is 0 Å². The molecule has 11 N–H and O–H groups in total. The van der Waals surface area contributed by atoms with E-state index in [2.05, 4.69) is 15.6 Å². The van der Waals surface area contributed by atoms with Crippen molar-refractivity contribution in [2.24, 2.45) is 28.1 Å². The van der Waals surface area contributed by atoms with Crippen LogP contribution in [0.2, 0.25) is 0 Å². The van der Waals surface area contributed by atoms with Crippen LogP contribution in [0.5, 0.6) is 0 Å². The first-order chi connectivity index (χ1) is 14.3. The van der Waals surface area contributed by atoms with E-state index >= 15 is 0 Å². The van der Waals surface area contributed by atoms with Gasteiger partial charge in [0.05, 0.1) is 19.0 Å². The highest BCUT2D eigenvalue weighted by molar-refractivity contribution is 5.93. The molecule has 0 aromatic rings. The average Bonchev–Trinajstić information content (AvgIpc) is 2.65. The first-order valence-electron chi connectivity index (χ1n) is 9.48. The van der Waals surface area contributed by atoms with Gasteiger partial charge >= 0.3 is 11.9 Å². The minimum atomic E-state index is -1.64. The summed E-state index contributed by atoms with van der Waals surface area (Å²) in [5, 5.41) is 24.4. The molecule has 3 unspecified atom stereocenters. The van der Waals surface area contributed by atoms with Gasteiger partial charge in [0.2, 0.25) is 17.7 Å². The van der Waals surface area contributed by atoms with Crippen molar-refractivity contribution in [3.05, 3.63) is 0 Å². The summed E-state index contributed by atoms with van der Waals surface area (Å²) in [5.41, 5.74) is 16.2. The van der Waals surface area contributed by atoms with Gasteiger partial charge in [-0.2, -0.15) is 0 Å². The van der Waals surface area contributed by atoms with E-state index in [4.69, 9.17) is 27.4 Å². The van der Waals surface area contributed by atoms with Crippen molar-refractivity contribution in [1.82, 2.24) is 16.0 Å². The summed E-state index contributed by atoms with van der Waals surface area (Å²) in [5.74, 6) is -5.51. The van der Waals surface area contributed by atoms with Gasteiger partial charge < -0.3 is 43.4 Å². The Bertz CT molecular complexity index is 692. The fraction of sp³-hybridized carbons (Fsp3) is 0.647. The first kappa shape index (κ1) is 27.6. The molecule has 0 heterocycles. The molecule has 31 heavy (non-hydrogen) atoms. The molecule has 0 saturated carbocycles. The van der Waals surface area contributed by atoms with Crippen LogP contribution in [0.3, 0.4) is 0 Å². The molecule has 0 aromatic heterocycles. The van der Waals surface area contributed by atoms with E-state index in [1.165, 1.54) is 0 Å². The van der Waals surface area contributed by atoms with Crippen molar-refractivity contribution in [1.29, 1.82) is 0 Å². The lowest BCUT2D eigenvalue weighted by molar-refractivity contribution is -0.147. The second-order valence-corrected chi connectivity index (χ2v) is 7.06. The average molecular weight is 445 g/mol. The minimum absolute atomic E-state index is 0.0729. The van der Waals surface area contributed by atoms with Gasteiger partial charge in [-0.3, -0.25) is 24.2 Å². The highest BCUT2D eigenvalue weighted by atomic mass is 16.4. The normalized spacial score (nSPS) is 13.4. The molecule has 176 valence electrons. The number of carbonyl (C=O) groups is 5.